The number of hydrogen-bond acceptors (Lipinski definition) is 4. The first-order valence-corrected chi connectivity index (χ1v) is 7.01. The Balaban J connectivity index is 2.21. The number of nitrogens with zero attached hydrogens (tertiary/aromatic N) is 2. The number of fused-ring (bicyclic) bond motifs is 1. The topological polar surface area (TPSA) is 48.2 Å². The van der Waals surface area contributed by atoms with E-state index in [-0.39, 0.29) is 5.88 Å². The molecule has 0 aliphatic heterocycles. The van der Waals surface area contributed by atoms with Crippen molar-refractivity contribution in [2.75, 3.05) is 6.61 Å². The molecule has 0 N–H and O–H groups in total. The van der Waals surface area contributed by atoms with Crippen molar-refractivity contribution in [1.29, 1.82) is 0 Å². The summed E-state index contributed by atoms with van der Waals surface area (Å²) in [6, 6.07) is 11.9. The van der Waals surface area contributed by atoms with E-state index in [1.807, 2.05) is 36.4 Å². The molecule has 3 aromatic rings. The highest BCUT2D eigenvalue weighted by Crippen LogP contribution is 2.35. The molecule has 0 spiro atoms. The van der Waals surface area contributed by atoms with Gasteiger partial charge in [-0.2, -0.15) is 4.98 Å². The molecule has 0 atom stereocenters. The molecule has 0 amide bonds. The van der Waals surface area contributed by atoms with Crippen molar-refractivity contribution in [3.63, 3.8) is 0 Å². The summed E-state index contributed by atoms with van der Waals surface area (Å²) < 4.78 is 10.8. The lowest BCUT2D eigenvalue weighted by Gasteiger charge is -2.10. The van der Waals surface area contributed by atoms with Crippen molar-refractivity contribution >= 4 is 22.4 Å². The molecule has 0 radical (unpaired) electrons. The highest BCUT2D eigenvalue weighted by atomic mass is 35.5. The Kier molecular flexibility index (Phi) is 3.88. The van der Waals surface area contributed by atoms with Gasteiger partial charge in [0.05, 0.1) is 5.56 Å². The molecule has 1 aromatic heterocycles. The Morgan fingerprint density at radius 1 is 1.24 bits per heavy atom. The predicted octanol–water partition coefficient (Wildman–Crippen LogP) is 4.19. The Bertz CT molecular complexity index is 783. The molecular formula is C16H13ClN2O2. The first-order chi connectivity index (χ1) is 10.3. The second-order valence-electron chi connectivity index (χ2n) is 4.40. The lowest BCUT2D eigenvalue weighted by atomic mass is 10.0. The van der Waals surface area contributed by atoms with Gasteiger partial charge < -0.3 is 9.26 Å². The van der Waals surface area contributed by atoms with Crippen LogP contribution in [0.15, 0.2) is 53.6 Å². The highest BCUT2D eigenvalue weighted by Gasteiger charge is 2.16. The van der Waals surface area contributed by atoms with Gasteiger partial charge in [-0.3, -0.25) is 0 Å². The molecule has 21 heavy (non-hydrogen) atoms. The van der Waals surface area contributed by atoms with Gasteiger partial charge in [-0.05, 0) is 16.8 Å². The van der Waals surface area contributed by atoms with Crippen molar-refractivity contribution in [1.82, 2.24) is 10.1 Å². The largest absolute Gasteiger partial charge is 0.489 e. The van der Waals surface area contributed by atoms with Gasteiger partial charge in [0.2, 0.25) is 11.7 Å². The van der Waals surface area contributed by atoms with Gasteiger partial charge in [0.1, 0.15) is 18.2 Å². The molecule has 0 saturated carbocycles. The molecule has 0 unspecified atom stereocenters. The van der Waals surface area contributed by atoms with E-state index in [0.29, 0.717) is 24.1 Å². The summed E-state index contributed by atoms with van der Waals surface area (Å²) >= 11 is 5.73. The number of hydrogen-bond donors (Lipinski definition) is 0. The van der Waals surface area contributed by atoms with E-state index in [2.05, 4.69) is 16.7 Å². The van der Waals surface area contributed by atoms with Crippen LogP contribution in [0.25, 0.3) is 22.2 Å². The Morgan fingerprint density at radius 2 is 2.10 bits per heavy atom. The molecule has 3 rings (SSSR count). The zero-order valence-corrected chi connectivity index (χ0v) is 12.0. The molecule has 0 bridgehead atoms. The monoisotopic (exact) mass is 300 g/mol. The summed E-state index contributed by atoms with van der Waals surface area (Å²) in [5, 5.41) is 6.08. The number of alkyl halides is 1. The second-order valence-corrected chi connectivity index (χ2v) is 4.67. The third-order valence-corrected chi connectivity index (χ3v) is 3.28. The number of benzene rings is 2. The van der Waals surface area contributed by atoms with E-state index in [1.165, 1.54) is 0 Å². The third-order valence-electron chi connectivity index (χ3n) is 3.05. The third kappa shape index (κ3) is 2.62. The predicted molar refractivity (Wildman–Crippen MR) is 82.5 cm³/mol. The number of ether oxygens (including phenoxy) is 1. The molecule has 0 fully saturated rings. The van der Waals surface area contributed by atoms with Crippen LogP contribution in [-0.2, 0) is 5.88 Å². The molecule has 5 heteroatoms. The van der Waals surface area contributed by atoms with Gasteiger partial charge in [0.15, 0.2) is 0 Å². The first kappa shape index (κ1) is 13.6. The molecule has 0 saturated heterocycles. The average Bonchev–Trinajstić information content (AvgIpc) is 3.01. The Morgan fingerprint density at radius 3 is 2.86 bits per heavy atom. The van der Waals surface area contributed by atoms with Crippen LogP contribution in [0.3, 0.4) is 0 Å². The fraction of sp³-hybridized carbons (Fsp3) is 0.125. The van der Waals surface area contributed by atoms with Crippen LogP contribution in [-0.4, -0.2) is 16.7 Å². The molecule has 1 heterocycles. The van der Waals surface area contributed by atoms with E-state index < -0.39 is 0 Å². The molecule has 2 aromatic carbocycles. The quantitative estimate of drug-likeness (QED) is 0.523. The fourth-order valence-corrected chi connectivity index (χ4v) is 2.27. The molecule has 106 valence electrons. The Hall–Kier alpha value is -2.33. The van der Waals surface area contributed by atoms with E-state index >= 15 is 0 Å². The number of aromatic nitrogens is 2. The molecule has 4 nitrogen and oxygen atoms in total. The molecule has 0 aliphatic rings. The zero-order valence-electron chi connectivity index (χ0n) is 11.3. The standard InChI is InChI=1S/C16H13ClN2O2/c1-2-9-20-13-8-7-11-5-3-4-6-12(11)15(13)16-18-14(10-17)21-19-16/h2-8H,1,9-10H2. The van der Waals surface area contributed by atoms with Gasteiger partial charge in [0.25, 0.3) is 0 Å². The minimum Gasteiger partial charge on any atom is -0.489 e. The van der Waals surface area contributed by atoms with E-state index in [0.717, 1.165) is 16.3 Å². The summed E-state index contributed by atoms with van der Waals surface area (Å²) in [6.07, 6.45) is 1.69. The minimum absolute atomic E-state index is 0.181. The van der Waals surface area contributed by atoms with Gasteiger partial charge in [0, 0.05) is 0 Å². The van der Waals surface area contributed by atoms with Crippen molar-refractivity contribution in [2.24, 2.45) is 0 Å². The number of halogens is 1. The minimum atomic E-state index is 0.181. The molecular weight excluding hydrogens is 288 g/mol. The second kappa shape index (κ2) is 5.97. The van der Waals surface area contributed by atoms with Gasteiger partial charge >= 0.3 is 0 Å². The smallest absolute Gasteiger partial charge is 0.241 e. The van der Waals surface area contributed by atoms with Crippen LogP contribution in [0.5, 0.6) is 5.75 Å². The summed E-state index contributed by atoms with van der Waals surface area (Å²) in [4.78, 5) is 4.30. The SMILES string of the molecule is C=CCOc1ccc2ccccc2c1-c1noc(CCl)n1. The normalized spacial score (nSPS) is 10.7. The lowest BCUT2D eigenvalue weighted by Crippen LogP contribution is -1.97. The van der Waals surface area contributed by atoms with Crippen molar-refractivity contribution in [2.45, 2.75) is 5.88 Å². The highest BCUT2D eigenvalue weighted by molar-refractivity contribution is 6.16. The van der Waals surface area contributed by atoms with Crippen LogP contribution in [0.2, 0.25) is 0 Å². The maximum absolute atomic E-state index is 5.73. The van der Waals surface area contributed by atoms with Crippen molar-refractivity contribution in [3.05, 3.63) is 54.9 Å². The van der Waals surface area contributed by atoms with Crippen LogP contribution in [0.4, 0.5) is 0 Å². The first-order valence-electron chi connectivity index (χ1n) is 6.48. The van der Waals surface area contributed by atoms with E-state index in [1.54, 1.807) is 6.08 Å². The average molecular weight is 301 g/mol. The fourth-order valence-electron chi connectivity index (χ4n) is 2.16. The number of rotatable bonds is 5. The zero-order chi connectivity index (χ0) is 14.7. The summed E-state index contributed by atoms with van der Waals surface area (Å²) in [5.74, 6) is 1.73. The van der Waals surface area contributed by atoms with E-state index in [4.69, 9.17) is 20.9 Å². The van der Waals surface area contributed by atoms with Crippen LogP contribution in [0.1, 0.15) is 5.89 Å². The van der Waals surface area contributed by atoms with E-state index in [9.17, 15) is 0 Å². The maximum Gasteiger partial charge on any atom is 0.241 e. The van der Waals surface area contributed by atoms with Crippen LogP contribution in [0, 0.1) is 0 Å². The van der Waals surface area contributed by atoms with Crippen molar-refractivity contribution < 1.29 is 9.26 Å². The van der Waals surface area contributed by atoms with Crippen LogP contribution >= 0.6 is 11.6 Å². The Labute approximate surface area is 127 Å². The summed E-state index contributed by atoms with van der Waals surface area (Å²) in [6.45, 7) is 4.07. The van der Waals surface area contributed by atoms with Gasteiger partial charge in [-0.25, -0.2) is 0 Å². The summed E-state index contributed by atoms with van der Waals surface area (Å²) in [7, 11) is 0. The van der Waals surface area contributed by atoms with Gasteiger partial charge in [-0.15, -0.1) is 11.6 Å². The van der Waals surface area contributed by atoms with Crippen molar-refractivity contribution in [3.8, 4) is 17.1 Å². The summed E-state index contributed by atoms with van der Waals surface area (Å²) in [5.41, 5.74) is 0.801. The lowest BCUT2D eigenvalue weighted by molar-refractivity contribution is 0.364. The maximum atomic E-state index is 5.73. The van der Waals surface area contributed by atoms with Crippen LogP contribution < -0.4 is 4.74 Å². The van der Waals surface area contributed by atoms with Gasteiger partial charge in [-0.1, -0.05) is 48.1 Å². The molecule has 0 aliphatic carbocycles.